The zero-order valence-corrected chi connectivity index (χ0v) is 15.9. The van der Waals surface area contributed by atoms with Gasteiger partial charge in [0.15, 0.2) is 12.4 Å². The SMILES string of the molecule is O=C(CNC(=O)c1cccs1)OCC(=O)c1ccc(C2CCCCC2)cc1. The molecule has 1 saturated carbocycles. The summed E-state index contributed by atoms with van der Waals surface area (Å²) in [4.78, 5) is 36.2. The van der Waals surface area contributed by atoms with Crippen LogP contribution in [0.4, 0.5) is 0 Å². The molecule has 0 bridgehead atoms. The summed E-state index contributed by atoms with van der Waals surface area (Å²) in [6.45, 7) is -0.582. The Morgan fingerprint density at radius 2 is 1.78 bits per heavy atom. The number of carbonyl (C=O) groups is 3. The third kappa shape index (κ3) is 5.50. The fraction of sp³-hybridized carbons (Fsp3) is 0.381. The van der Waals surface area contributed by atoms with Crippen LogP contribution in [0.15, 0.2) is 41.8 Å². The Hall–Kier alpha value is -2.47. The largest absolute Gasteiger partial charge is 0.456 e. The van der Waals surface area contributed by atoms with Crippen molar-refractivity contribution in [3.8, 4) is 0 Å². The van der Waals surface area contributed by atoms with Gasteiger partial charge in [-0.1, -0.05) is 49.6 Å². The average molecular weight is 385 g/mol. The highest BCUT2D eigenvalue weighted by atomic mass is 32.1. The van der Waals surface area contributed by atoms with E-state index in [0.717, 1.165) is 0 Å². The van der Waals surface area contributed by atoms with Gasteiger partial charge in [-0.25, -0.2) is 0 Å². The topological polar surface area (TPSA) is 72.5 Å². The first-order chi connectivity index (χ1) is 13.1. The van der Waals surface area contributed by atoms with Crippen molar-refractivity contribution < 1.29 is 19.1 Å². The molecule has 1 amide bonds. The molecule has 3 rings (SSSR count). The maximum Gasteiger partial charge on any atom is 0.325 e. The Labute approximate surface area is 162 Å². The normalized spacial score (nSPS) is 14.5. The number of carbonyl (C=O) groups excluding carboxylic acids is 3. The van der Waals surface area contributed by atoms with Crippen LogP contribution in [0.5, 0.6) is 0 Å². The van der Waals surface area contributed by atoms with E-state index in [1.54, 1.807) is 29.6 Å². The first kappa shape index (κ1) is 19.3. The molecular weight excluding hydrogens is 362 g/mol. The van der Waals surface area contributed by atoms with Crippen molar-refractivity contribution in [3.63, 3.8) is 0 Å². The standard InChI is InChI=1S/C21H23NO4S/c23-18(14-26-20(24)13-22-21(25)19-7-4-12-27-19)17-10-8-16(9-11-17)15-5-2-1-3-6-15/h4,7-12,15H,1-3,5-6,13-14H2,(H,22,25). The first-order valence-electron chi connectivity index (χ1n) is 9.24. The Morgan fingerprint density at radius 1 is 1.04 bits per heavy atom. The zero-order valence-electron chi connectivity index (χ0n) is 15.1. The Morgan fingerprint density at radius 3 is 2.44 bits per heavy atom. The Kier molecular flexibility index (Phi) is 6.76. The molecule has 0 saturated heterocycles. The number of hydrogen-bond acceptors (Lipinski definition) is 5. The second-order valence-electron chi connectivity index (χ2n) is 6.70. The van der Waals surface area contributed by atoms with Crippen LogP contribution >= 0.6 is 11.3 Å². The fourth-order valence-corrected chi connectivity index (χ4v) is 3.94. The monoisotopic (exact) mass is 385 g/mol. The van der Waals surface area contributed by atoms with E-state index in [0.29, 0.717) is 16.4 Å². The van der Waals surface area contributed by atoms with Gasteiger partial charge >= 0.3 is 5.97 Å². The quantitative estimate of drug-likeness (QED) is 0.579. The molecule has 1 fully saturated rings. The van der Waals surface area contributed by atoms with Gasteiger partial charge in [-0.3, -0.25) is 14.4 Å². The predicted octanol–water partition coefficient (Wildman–Crippen LogP) is 3.95. The molecule has 0 unspecified atom stereocenters. The molecular formula is C21H23NO4S. The summed E-state index contributed by atoms with van der Waals surface area (Å²) < 4.78 is 4.97. The molecule has 27 heavy (non-hydrogen) atoms. The van der Waals surface area contributed by atoms with Gasteiger partial charge in [0.25, 0.3) is 5.91 Å². The number of benzene rings is 1. The van der Waals surface area contributed by atoms with Gasteiger partial charge < -0.3 is 10.1 Å². The van der Waals surface area contributed by atoms with Crippen LogP contribution in [0.1, 0.15) is 63.6 Å². The first-order valence-corrected chi connectivity index (χ1v) is 10.1. The van der Waals surface area contributed by atoms with Gasteiger partial charge in [-0.15, -0.1) is 11.3 Å². The van der Waals surface area contributed by atoms with Crippen LogP contribution in [0.3, 0.4) is 0 Å². The number of nitrogens with one attached hydrogen (secondary N) is 1. The Balaban J connectivity index is 1.43. The number of thiophene rings is 1. The van der Waals surface area contributed by atoms with E-state index in [2.05, 4.69) is 5.32 Å². The van der Waals surface area contributed by atoms with Crippen LogP contribution in [-0.4, -0.2) is 30.8 Å². The number of hydrogen-bond donors (Lipinski definition) is 1. The highest BCUT2D eigenvalue weighted by Gasteiger charge is 2.16. The molecule has 1 heterocycles. The maximum absolute atomic E-state index is 12.2. The predicted molar refractivity (Wildman–Crippen MR) is 104 cm³/mol. The summed E-state index contributed by atoms with van der Waals surface area (Å²) in [6, 6.07) is 11.1. The van der Waals surface area contributed by atoms with E-state index in [4.69, 9.17) is 4.74 Å². The second-order valence-corrected chi connectivity index (χ2v) is 7.65. The van der Waals surface area contributed by atoms with Crippen molar-refractivity contribution in [3.05, 3.63) is 57.8 Å². The van der Waals surface area contributed by atoms with Gasteiger partial charge in [-0.2, -0.15) is 0 Å². The molecule has 2 aromatic rings. The molecule has 1 aliphatic rings. The lowest BCUT2D eigenvalue weighted by Gasteiger charge is -2.22. The number of ketones is 1. The van der Waals surface area contributed by atoms with E-state index < -0.39 is 5.97 Å². The summed E-state index contributed by atoms with van der Waals surface area (Å²) in [7, 11) is 0. The number of esters is 1. The molecule has 0 aliphatic heterocycles. The Bertz CT molecular complexity index is 777. The van der Waals surface area contributed by atoms with Crippen molar-refractivity contribution in [2.75, 3.05) is 13.2 Å². The second kappa shape index (κ2) is 9.46. The number of amides is 1. The summed E-state index contributed by atoms with van der Waals surface area (Å²) in [5.41, 5.74) is 1.81. The molecule has 1 aromatic heterocycles. The highest BCUT2D eigenvalue weighted by molar-refractivity contribution is 7.12. The minimum absolute atomic E-state index is 0.247. The smallest absolute Gasteiger partial charge is 0.325 e. The van der Waals surface area contributed by atoms with Crippen LogP contribution in [0.2, 0.25) is 0 Å². The fourth-order valence-electron chi connectivity index (χ4n) is 3.30. The molecule has 1 aromatic carbocycles. The molecule has 0 atom stereocenters. The molecule has 1 N–H and O–H groups in total. The number of Topliss-reactive ketones (excluding diaryl/α,β-unsaturated/α-hetero) is 1. The molecule has 0 radical (unpaired) electrons. The summed E-state index contributed by atoms with van der Waals surface area (Å²) >= 11 is 1.29. The van der Waals surface area contributed by atoms with E-state index >= 15 is 0 Å². The van der Waals surface area contributed by atoms with Crippen molar-refractivity contribution in [1.82, 2.24) is 5.32 Å². The molecule has 5 nitrogen and oxygen atoms in total. The van der Waals surface area contributed by atoms with E-state index in [1.165, 1.54) is 49.0 Å². The maximum atomic E-state index is 12.2. The zero-order chi connectivity index (χ0) is 19.1. The minimum Gasteiger partial charge on any atom is -0.456 e. The number of ether oxygens (including phenoxy) is 1. The lowest BCUT2D eigenvalue weighted by Crippen LogP contribution is -2.31. The average Bonchev–Trinajstić information content (AvgIpc) is 3.26. The van der Waals surface area contributed by atoms with Crippen molar-refractivity contribution >= 4 is 29.0 Å². The molecule has 142 valence electrons. The number of rotatable bonds is 7. The van der Waals surface area contributed by atoms with Gasteiger partial charge in [0, 0.05) is 5.56 Å². The molecule has 6 heteroatoms. The third-order valence-electron chi connectivity index (χ3n) is 4.81. The van der Waals surface area contributed by atoms with Crippen LogP contribution < -0.4 is 5.32 Å². The van der Waals surface area contributed by atoms with Crippen molar-refractivity contribution in [1.29, 1.82) is 0 Å². The van der Waals surface area contributed by atoms with Crippen LogP contribution in [0.25, 0.3) is 0 Å². The molecule has 1 aliphatic carbocycles. The van der Waals surface area contributed by atoms with E-state index in [9.17, 15) is 14.4 Å². The van der Waals surface area contributed by atoms with Crippen molar-refractivity contribution in [2.24, 2.45) is 0 Å². The van der Waals surface area contributed by atoms with Crippen LogP contribution in [-0.2, 0) is 9.53 Å². The van der Waals surface area contributed by atoms with Gasteiger partial charge in [0.2, 0.25) is 0 Å². The van der Waals surface area contributed by atoms with Gasteiger partial charge in [-0.05, 0) is 35.8 Å². The minimum atomic E-state index is -0.632. The summed E-state index contributed by atoms with van der Waals surface area (Å²) in [5, 5.41) is 4.26. The van der Waals surface area contributed by atoms with Crippen LogP contribution in [0, 0.1) is 0 Å². The van der Waals surface area contributed by atoms with Gasteiger partial charge in [0.1, 0.15) is 6.54 Å². The van der Waals surface area contributed by atoms with E-state index in [-0.39, 0.29) is 24.8 Å². The van der Waals surface area contributed by atoms with Crippen molar-refractivity contribution in [2.45, 2.75) is 38.0 Å². The van der Waals surface area contributed by atoms with E-state index in [1.807, 2.05) is 12.1 Å². The molecule has 0 spiro atoms. The lowest BCUT2D eigenvalue weighted by atomic mass is 9.84. The highest BCUT2D eigenvalue weighted by Crippen LogP contribution is 2.32. The summed E-state index contributed by atoms with van der Waals surface area (Å²) in [5.74, 6) is -0.616. The third-order valence-corrected chi connectivity index (χ3v) is 5.68. The lowest BCUT2D eigenvalue weighted by molar-refractivity contribution is -0.141. The van der Waals surface area contributed by atoms with Gasteiger partial charge in [0.05, 0.1) is 4.88 Å². The summed E-state index contributed by atoms with van der Waals surface area (Å²) in [6.07, 6.45) is 6.27.